The second-order valence-corrected chi connectivity index (χ2v) is 5.96. The number of allylic oxidation sites excluding steroid dienone is 1. The Morgan fingerprint density at radius 2 is 1.96 bits per heavy atom. The summed E-state index contributed by atoms with van der Waals surface area (Å²) in [6.07, 6.45) is 1.85. The van der Waals surface area contributed by atoms with Crippen molar-refractivity contribution in [2.24, 2.45) is 0 Å². The highest BCUT2D eigenvalue weighted by Crippen LogP contribution is 2.23. The Morgan fingerprint density at radius 3 is 2.58 bits per heavy atom. The van der Waals surface area contributed by atoms with Crippen LogP contribution < -0.4 is 4.74 Å². The average Bonchev–Trinajstić information content (AvgIpc) is 3.02. The van der Waals surface area contributed by atoms with Crippen molar-refractivity contribution in [3.05, 3.63) is 59.4 Å². The highest BCUT2D eigenvalue weighted by molar-refractivity contribution is 5.90. The van der Waals surface area contributed by atoms with E-state index in [0.717, 1.165) is 22.3 Å². The summed E-state index contributed by atoms with van der Waals surface area (Å²) < 4.78 is 5.22. The number of rotatable bonds is 4. The largest absolute Gasteiger partial charge is 0.497 e. The van der Waals surface area contributed by atoms with Crippen LogP contribution in [0.3, 0.4) is 0 Å². The number of hydrogen-bond acceptors (Lipinski definition) is 3. The molecule has 2 aromatic carbocycles. The molecule has 1 aromatic heterocycles. The predicted octanol–water partition coefficient (Wildman–Crippen LogP) is 4.76. The van der Waals surface area contributed by atoms with Crippen molar-refractivity contribution < 1.29 is 4.74 Å². The molecule has 120 valence electrons. The van der Waals surface area contributed by atoms with Gasteiger partial charge in [0.1, 0.15) is 17.6 Å². The normalized spacial score (nSPS) is 11.7. The fourth-order valence-electron chi connectivity index (χ4n) is 2.54. The van der Waals surface area contributed by atoms with Crippen LogP contribution in [-0.4, -0.2) is 17.1 Å². The lowest BCUT2D eigenvalue weighted by molar-refractivity contribution is 0.415. The van der Waals surface area contributed by atoms with Gasteiger partial charge >= 0.3 is 0 Å². The third-order valence-corrected chi connectivity index (χ3v) is 3.98. The topological polar surface area (TPSA) is 61.7 Å². The number of aromatic nitrogens is 2. The molecule has 1 N–H and O–H groups in total. The highest BCUT2D eigenvalue weighted by atomic mass is 16.5. The Balaban J connectivity index is 1.97. The highest BCUT2D eigenvalue weighted by Gasteiger charge is 2.09. The van der Waals surface area contributed by atoms with Gasteiger partial charge in [0, 0.05) is 6.07 Å². The van der Waals surface area contributed by atoms with Crippen molar-refractivity contribution in [3.63, 3.8) is 0 Å². The first-order valence-corrected chi connectivity index (χ1v) is 7.86. The summed E-state index contributed by atoms with van der Waals surface area (Å²) in [5, 5.41) is 9.51. The van der Waals surface area contributed by atoms with Gasteiger partial charge in [0.2, 0.25) is 0 Å². The van der Waals surface area contributed by atoms with E-state index in [1.54, 1.807) is 7.11 Å². The summed E-state index contributed by atoms with van der Waals surface area (Å²) >= 11 is 0. The third kappa shape index (κ3) is 3.16. The van der Waals surface area contributed by atoms with Crippen LogP contribution in [0.2, 0.25) is 0 Å². The van der Waals surface area contributed by atoms with E-state index >= 15 is 0 Å². The lowest BCUT2D eigenvalue weighted by atomic mass is 10.0. The van der Waals surface area contributed by atoms with Crippen LogP contribution in [-0.2, 0) is 0 Å². The van der Waals surface area contributed by atoms with E-state index in [1.807, 2.05) is 36.4 Å². The van der Waals surface area contributed by atoms with Crippen LogP contribution >= 0.6 is 0 Å². The first kappa shape index (κ1) is 15.8. The molecular weight excluding hydrogens is 298 g/mol. The second kappa shape index (κ2) is 6.59. The molecule has 0 amide bonds. The van der Waals surface area contributed by atoms with E-state index in [9.17, 15) is 5.26 Å². The summed E-state index contributed by atoms with van der Waals surface area (Å²) in [5.41, 5.74) is 4.42. The molecule has 0 atom stereocenters. The quantitative estimate of drug-likeness (QED) is 0.706. The zero-order chi connectivity index (χ0) is 17.1. The minimum atomic E-state index is 0.490. The fraction of sp³-hybridized carbons (Fsp3) is 0.200. The van der Waals surface area contributed by atoms with Gasteiger partial charge in [0.05, 0.1) is 23.7 Å². The number of nitrogens with one attached hydrogen (secondary N) is 1. The molecule has 0 aliphatic carbocycles. The van der Waals surface area contributed by atoms with E-state index in [0.29, 0.717) is 17.3 Å². The maximum atomic E-state index is 9.51. The number of imidazole rings is 1. The number of H-pyrrole nitrogens is 1. The SMILES string of the molecule is COc1ccc2nc(/C(C#N)=C\c3ccc(C(C)C)cc3)[nH]c2c1. The Kier molecular flexibility index (Phi) is 4.35. The number of nitrogens with zero attached hydrogens (tertiary/aromatic N) is 2. The summed E-state index contributed by atoms with van der Waals surface area (Å²) in [6.45, 7) is 4.32. The van der Waals surface area contributed by atoms with E-state index in [4.69, 9.17) is 4.74 Å². The van der Waals surface area contributed by atoms with E-state index in [2.05, 4.69) is 42.0 Å². The Morgan fingerprint density at radius 1 is 1.21 bits per heavy atom. The molecule has 0 unspecified atom stereocenters. The molecule has 4 nitrogen and oxygen atoms in total. The van der Waals surface area contributed by atoms with Crippen molar-refractivity contribution in [3.8, 4) is 11.8 Å². The van der Waals surface area contributed by atoms with Crippen LogP contribution in [0.1, 0.15) is 36.7 Å². The average molecular weight is 317 g/mol. The van der Waals surface area contributed by atoms with Gasteiger partial charge in [-0.2, -0.15) is 5.26 Å². The van der Waals surface area contributed by atoms with Crippen LogP contribution in [0.25, 0.3) is 22.7 Å². The van der Waals surface area contributed by atoms with E-state index < -0.39 is 0 Å². The van der Waals surface area contributed by atoms with Crippen LogP contribution in [0, 0.1) is 11.3 Å². The van der Waals surface area contributed by atoms with Crippen molar-refractivity contribution in [1.82, 2.24) is 9.97 Å². The zero-order valence-corrected chi connectivity index (χ0v) is 14.0. The number of methoxy groups -OCH3 is 1. The molecule has 0 saturated carbocycles. The van der Waals surface area contributed by atoms with Gasteiger partial charge in [-0.25, -0.2) is 4.98 Å². The van der Waals surface area contributed by atoms with Gasteiger partial charge in [-0.3, -0.25) is 0 Å². The lowest BCUT2D eigenvalue weighted by Gasteiger charge is -2.04. The molecule has 1 heterocycles. The van der Waals surface area contributed by atoms with Gasteiger partial charge in [-0.1, -0.05) is 38.1 Å². The number of aromatic amines is 1. The minimum Gasteiger partial charge on any atom is -0.497 e. The van der Waals surface area contributed by atoms with Crippen molar-refractivity contribution in [2.45, 2.75) is 19.8 Å². The fourth-order valence-corrected chi connectivity index (χ4v) is 2.54. The molecule has 0 aliphatic rings. The number of nitriles is 1. The number of hydrogen-bond donors (Lipinski definition) is 1. The first-order chi connectivity index (χ1) is 11.6. The zero-order valence-electron chi connectivity index (χ0n) is 14.0. The summed E-state index contributed by atoms with van der Waals surface area (Å²) in [4.78, 5) is 7.69. The molecule has 0 aliphatic heterocycles. The molecule has 0 spiro atoms. The van der Waals surface area contributed by atoms with Crippen LogP contribution in [0.4, 0.5) is 0 Å². The minimum absolute atomic E-state index is 0.490. The molecule has 0 radical (unpaired) electrons. The van der Waals surface area contributed by atoms with E-state index in [-0.39, 0.29) is 0 Å². The van der Waals surface area contributed by atoms with Gasteiger partial charge in [0.25, 0.3) is 0 Å². The predicted molar refractivity (Wildman–Crippen MR) is 96.7 cm³/mol. The standard InChI is InChI=1S/C20H19N3O/c1-13(2)15-6-4-14(5-7-15)10-16(12-21)20-22-18-9-8-17(24-3)11-19(18)23-20/h4-11,13H,1-3H3,(H,22,23)/b16-10-. The summed E-state index contributed by atoms with van der Waals surface area (Å²) in [7, 11) is 1.62. The maximum absolute atomic E-state index is 9.51. The van der Waals surface area contributed by atoms with Gasteiger partial charge in [0.15, 0.2) is 0 Å². The molecule has 0 bridgehead atoms. The monoisotopic (exact) mass is 317 g/mol. The van der Waals surface area contributed by atoms with E-state index in [1.165, 1.54) is 5.56 Å². The molecule has 3 rings (SSSR count). The van der Waals surface area contributed by atoms with Crippen molar-refractivity contribution in [1.29, 1.82) is 5.26 Å². The molecule has 0 fully saturated rings. The molecule has 3 aromatic rings. The number of ether oxygens (including phenoxy) is 1. The Labute approximate surface area is 141 Å². The van der Waals surface area contributed by atoms with Crippen molar-refractivity contribution in [2.75, 3.05) is 7.11 Å². The molecule has 24 heavy (non-hydrogen) atoms. The Hall–Kier alpha value is -3.06. The van der Waals surface area contributed by atoms with Gasteiger partial charge in [-0.15, -0.1) is 0 Å². The molecule has 4 heteroatoms. The smallest absolute Gasteiger partial charge is 0.149 e. The molecule has 0 saturated heterocycles. The lowest BCUT2D eigenvalue weighted by Crippen LogP contribution is -1.88. The first-order valence-electron chi connectivity index (χ1n) is 7.86. The second-order valence-electron chi connectivity index (χ2n) is 5.96. The van der Waals surface area contributed by atoms with Gasteiger partial charge in [-0.05, 0) is 35.3 Å². The van der Waals surface area contributed by atoms with Crippen LogP contribution in [0.5, 0.6) is 5.75 Å². The third-order valence-electron chi connectivity index (χ3n) is 3.98. The Bertz CT molecular complexity index is 928. The maximum Gasteiger partial charge on any atom is 0.149 e. The van der Waals surface area contributed by atoms with Crippen LogP contribution in [0.15, 0.2) is 42.5 Å². The number of fused-ring (bicyclic) bond motifs is 1. The van der Waals surface area contributed by atoms with Crippen molar-refractivity contribution >= 4 is 22.7 Å². The summed E-state index contributed by atoms with van der Waals surface area (Å²) in [6, 6.07) is 16.1. The molecular formula is C20H19N3O. The van der Waals surface area contributed by atoms with Gasteiger partial charge < -0.3 is 9.72 Å². The summed E-state index contributed by atoms with van der Waals surface area (Å²) in [5.74, 6) is 1.81. The number of benzene rings is 2.